The molecule has 5 heteroatoms. The van der Waals surface area contributed by atoms with Crippen molar-refractivity contribution < 1.29 is 9.21 Å². The highest BCUT2D eigenvalue weighted by atomic mass is 16.4. The van der Waals surface area contributed by atoms with Crippen LogP contribution in [0.2, 0.25) is 0 Å². The fourth-order valence-corrected chi connectivity index (χ4v) is 1.22. The van der Waals surface area contributed by atoms with Crippen LogP contribution < -0.4 is 5.32 Å². The van der Waals surface area contributed by atoms with Crippen molar-refractivity contribution in [2.45, 2.75) is 26.2 Å². The topological polar surface area (TPSA) is 68.0 Å². The Labute approximate surface area is 81.9 Å². The van der Waals surface area contributed by atoms with Crippen LogP contribution in [-0.4, -0.2) is 22.6 Å². The molecule has 0 unspecified atom stereocenters. The van der Waals surface area contributed by atoms with Crippen LogP contribution in [0.25, 0.3) is 0 Å². The third kappa shape index (κ3) is 2.31. The van der Waals surface area contributed by atoms with Gasteiger partial charge in [0, 0.05) is 25.8 Å². The van der Waals surface area contributed by atoms with Gasteiger partial charge in [0.2, 0.25) is 17.7 Å². The van der Waals surface area contributed by atoms with E-state index in [4.69, 9.17) is 4.42 Å². The largest absolute Gasteiger partial charge is 0.426 e. The Kier molecular flexibility index (Phi) is 2.47. The van der Waals surface area contributed by atoms with Gasteiger partial charge in [0.25, 0.3) is 0 Å². The van der Waals surface area contributed by atoms with Gasteiger partial charge in [0.05, 0.1) is 0 Å². The van der Waals surface area contributed by atoms with Gasteiger partial charge in [-0.15, -0.1) is 10.2 Å². The third-order valence-electron chi connectivity index (χ3n) is 2.15. The Morgan fingerprint density at radius 1 is 1.57 bits per heavy atom. The molecule has 76 valence electrons. The minimum Gasteiger partial charge on any atom is -0.426 e. The molecule has 1 heterocycles. The fourth-order valence-electron chi connectivity index (χ4n) is 1.22. The van der Waals surface area contributed by atoms with Gasteiger partial charge in [-0.05, 0) is 12.8 Å². The number of nitrogens with one attached hydrogen (secondary N) is 1. The van der Waals surface area contributed by atoms with Crippen molar-refractivity contribution in [1.29, 1.82) is 0 Å². The zero-order valence-electron chi connectivity index (χ0n) is 8.12. The third-order valence-corrected chi connectivity index (χ3v) is 2.15. The molecule has 0 atom stereocenters. The summed E-state index contributed by atoms with van der Waals surface area (Å²) >= 11 is 0. The van der Waals surface area contributed by atoms with Crippen LogP contribution in [0.1, 0.15) is 24.6 Å². The molecule has 1 amide bonds. The van der Waals surface area contributed by atoms with Crippen LogP contribution in [0, 0.1) is 12.8 Å². The smallest absolute Gasteiger partial charge is 0.223 e. The first-order chi connectivity index (χ1) is 6.75. The lowest BCUT2D eigenvalue weighted by Gasteiger charge is -2.00. The lowest BCUT2D eigenvalue weighted by atomic mass is 10.3. The van der Waals surface area contributed by atoms with Crippen molar-refractivity contribution in [3.05, 3.63) is 11.8 Å². The Morgan fingerprint density at radius 3 is 2.93 bits per heavy atom. The van der Waals surface area contributed by atoms with E-state index in [9.17, 15) is 4.79 Å². The van der Waals surface area contributed by atoms with Crippen molar-refractivity contribution in [2.75, 3.05) is 6.54 Å². The summed E-state index contributed by atoms with van der Waals surface area (Å²) in [4.78, 5) is 11.2. The number of aryl methyl sites for hydroxylation is 1. The number of amides is 1. The van der Waals surface area contributed by atoms with Crippen LogP contribution in [0.4, 0.5) is 0 Å². The molecule has 1 saturated carbocycles. The van der Waals surface area contributed by atoms with E-state index in [1.54, 1.807) is 6.92 Å². The summed E-state index contributed by atoms with van der Waals surface area (Å²) in [5.41, 5.74) is 0. The van der Waals surface area contributed by atoms with Gasteiger partial charge in [-0.25, -0.2) is 0 Å². The average Bonchev–Trinajstić information content (AvgIpc) is 2.92. The number of nitrogens with zero attached hydrogens (tertiary/aromatic N) is 2. The molecule has 1 fully saturated rings. The minimum atomic E-state index is 0.154. The van der Waals surface area contributed by atoms with E-state index >= 15 is 0 Å². The Balaban J connectivity index is 1.69. The maximum Gasteiger partial charge on any atom is 0.223 e. The maximum atomic E-state index is 11.2. The minimum absolute atomic E-state index is 0.154. The Morgan fingerprint density at radius 2 is 2.36 bits per heavy atom. The molecule has 0 aromatic carbocycles. The SMILES string of the molecule is Cc1nnc(CCNC(=O)C2CC2)o1. The second-order valence-corrected chi connectivity index (χ2v) is 3.53. The molecule has 1 aromatic heterocycles. The lowest BCUT2D eigenvalue weighted by Crippen LogP contribution is -2.26. The second kappa shape index (κ2) is 3.77. The van der Waals surface area contributed by atoms with Crippen LogP contribution in [-0.2, 0) is 11.2 Å². The first-order valence-corrected chi connectivity index (χ1v) is 4.82. The number of rotatable bonds is 4. The molecule has 0 spiro atoms. The van der Waals surface area contributed by atoms with Gasteiger partial charge in [0.15, 0.2) is 0 Å². The molecule has 1 aliphatic rings. The summed E-state index contributed by atoms with van der Waals surface area (Å²) in [5.74, 6) is 1.56. The van der Waals surface area contributed by atoms with E-state index in [0.29, 0.717) is 24.7 Å². The van der Waals surface area contributed by atoms with Crippen molar-refractivity contribution >= 4 is 5.91 Å². The summed E-state index contributed by atoms with van der Waals surface area (Å²) in [6.07, 6.45) is 2.68. The van der Waals surface area contributed by atoms with Crippen LogP contribution in [0.5, 0.6) is 0 Å². The number of carbonyl (C=O) groups excluding carboxylic acids is 1. The molecule has 0 aliphatic heterocycles. The van der Waals surface area contributed by atoms with Gasteiger partial charge in [0.1, 0.15) is 0 Å². The summed E-state index contributed by atoms with van der Waals surface area (Å²) in [7, 11) is 0. The highest BCUT2D eigenvalue weighted by Crippen LogP contribution is 2.28. The highest BCUT2D eigenvalue weighted by Gasteiger charge is 2.29. The first-order valence-electron chi connectivity index (χ1n) is 4.82. The van der Waals surface area contributed by atoms with Gasteiger partial charge >= 0.3 is 0 Å². The molecular formula is C9H13N3O2. The molecule has 1 N–H and O–H groups in total. The zero-order valence-corrected chi connectivity index (χ0v) is 8.12. The van der Waals surface area contributed by atoms with Crippen molar-refractivity contribution in [3.8, 4) is 0 Å². The number of carbonyl (C=O) groups is 1. The molecule has 0 saturated heterocycles. The van der Waals surface area contributed by atoms with Gasteiger partial charge in [-0.2, -0.15) is 0 Å². The second-order valence-electron chi connectivity index (χ2n) is 3.53. The predicted molar refractivity (Wildman–Crippen MR) is 48.5 cm³/mol. The summed E-state index contributed by atoms with van der Waals surface area (Å²) in [6.45, 7) is 2.33. The van der Waals surface area contributed by atoms with Gasteiger partial charge in [-0.3, -0.25) is 4.79 Å². The van der Waals surface area contributed by atoms with E-state index in [0.717, 1.165) is 12.8 Å². The molecule has 2 rings (SSSR count). The van der Waals surface area contributed by atoms with E-state index in [1.807, 2.05) is 0 Å². The van der Waals surface area contributed by atoms with Crippen LogP contribution in [0.15, 0.2) is 4.42 Å². The number of hydrogen-bond acceptors (Lipinski definition) is 4. The molecule has 1 aromatic rings. The summed E-state index contributed by atoms with van der Waals surface area (Å²) in [5, 5.41) is 10.4. The molecular weight excluding hydrogens is 182 g/mol. The van der Waals surface area contributed by atoms with Gasteiger partial charge in [-0.1, -0.05) is 0 Å². The Bertz CT molecular complexity index is 331. The molecule has 1 aliphatic carbocycles. The molecule has 5 nitrogen and oxygen atoms in total. The fraction of sp³-hybridized carbons (Fsp3) is 0.667. The monoisotopic (exact) mass is 195 g/mol. The molecule has 0 radical (unpaired) electrons. The van der Waals surface area contributed by atoms with E-state index < -0.39 is 0 Å². The van der Waals surface area contributed by atoms with Crippen molar-refractivity contribution in [1.82, 2.24) is 15.5 Å². The maximum absolute atomic E-state index is 11.2. The first kappa shape index (κ1) is 9.18. The van der Waals surface area contributed by atoms with Crippen LogP contribution >= 0.6 is 0 Å². The normalized spacial score (nSPS) is 15.5. The number of aromatic nitrogens is 2. The summed E-state index contributed by atoms with van der Waals surface area (Å²) < 4.78 is 5.17. The Hall–Kier alpha value is -1.39. The standard InChI is InChI=1S/C9H13N3O2/c1-6-11-12-8(14-6)4-5-10-9(13)7-2-3-7/h7H,2-5H2,1H3,(H,10,13). The number of hydrogen-bond donors (Lipinski definition) is 1. The molecule has 14 heavy (non-hydrogen) atoms. The predicted octanol–water partition coefficient (Wildman–Crippen LogP) is 0.447. The average molecular weight is 195 g/mol. The van der Waals surface area contributed by atoms with Crippen molar-refractivity contribution in [3.63, 3.8) is 0 Å². The highest BCUT2D eigenvalue weighted by molar-refractivity contribution is 5.80. The van der Waals surface area contributed by atoms with Gasteiger partial charge < -0.3 is 9.73 Å². The lowest BCUT2D eigenvalue weighted by molar-refractivity contribution is -0.122. The van der Waals surface area contributed by atoms with Crippen LogP contribution in [0.3, 0.4) is 0 Å². The van der Waals surface area contributed by atoms with E-state index in [2.05, 4.69) is 15.5 Å². The zero-order chi connectivity index (χ0) is 9.97. The summed E-state index contributed by atoms with van der Waals surface area (Å²) in [6, 6.07) is 0. The van der Waals surface area contributed by atoms with E-state index in [1.165, 1.54) is 0 Å². The van der Waals surface area contributed by atoms with Crippen molar-refractivity contribution in [2.24, 2.45) is 5.92 Å². The quantitative estimate of drug-likeness (QED) is 0.757. The molecule has 0 bridgehead atoms. The van der Waals surface area contributed by atoms with E-state index in [-0.39, 0.29) is 11.8 Å².